The number of fused-ring (bicyclic) bond motifs is 1. The van der Waals surface area contributed by atoms with Crippen molar-refractivity contribution in [1.29, 1.82) is 0 Å². The van der Waals surface area contributed by atoms with Crippen LogP contribution in [-0.4, -0.2) is 30.8 Å². The van der Waals surface area contributed by atoms with E-state index in [1.54, 1.807) is 10.7 Å². The summed E-state index contributed by atoms with van der Waals surface area (Å²) in [6.45, 7) is 0. The van der Waals surface area contributed by atoms with Gasteiger partial charge in [-0.2, -0.15) is 5.10 Å². The minimum atomic E-state index is -0.921. The summed E-state index contributed by atoms with van der Waals surface area (Å²) >= 11 is 0. The highest BCUT2D eigenvalue weighted by Crippen LogP contribution is 2.13. The Morgan fingerprint density at radius 1 is 1.26 bits per heavy atom. The molecule has 0 unspecified atom stereocenters. The number of hydrogen-bond donors (Lipinski definition) is 1. The van der Waals surface area contributed by atoms with Crippen LogP contribution in [-0.2, 0) is 11.2 Å². The highest BCUT2D eigenvalue weighted by molar-refractivity contribution is 5.78. The van der Waals surface area contributed by atoms with E-state index in [9.17, 15) is 4.79 Å². The summed E-state index contributed by atoms with van der Waals surface area (Å²) in [6, 6.07) is 9.26. The number of carboxylic acid groups (broad SMARTS) is 1. The maximum atomic E-state index is 10.7. The van der Waals surface area contributed by atoms with Gasteiger partial charge < -0.3 is 5.11 Å². The zero-order valence-corrected chi connectivity index (χ0v) is 9.89. The van der Waals surface area contributed by atoms with Gasteiger partial charge in [0.15, 0.2) is 0 Å². The highest BCUT2D eigenvalue weighted by Gasteiger charge is 2.07. The van der Waals surface area contributed by atoms with Gasteiger partial charge in [-0.3, -0.25) is 4.79 Å². The van der Waals surface area contributed by atoms with Crippen LogP contribution < -0.4 is 0 Å². The van der Waals surface area contributed by atoms with E-state index in [1.165, 1.54) is 6.20 Å². The molecule has 0 aliphatic carbocycles. The highest BCUT2D eigenvalue weighted by atomic mass is 16.4. The van der Waals surface area contributed by atoms with Crippen molar-refractivity contribution in [3.63, 3.8) is 0 Å². The number of aliphatic carboxylic acids is 1. The van der Waals surface area contributed by atoms with Crippen LogP contribution in [0, 0.1) is 0 Å². The van der Waals surface area contributed by atoms with Gasteiger partial charge in [-0.1, -0.05) is 18.2 Å². The molecule has 0 aliphatic heterocycles. The van der Waals surface area contributed by atoms with Crippen molar-refractivity contribution < 1.29 is 9.90 Å². The largest absolute Gasteiger partial charge is 0.481 e. The molecule has 0 fully saturated rings. The van der Waals surface area contributed by atoms with E-state index in [0.29, 0.717) is 11.6 Å². The molecular weight excluding hydrogens is 244 g/mol. The number of hydrogen-bond acceptors (Lipinski definition) is 4. The molecule has 0 radical (unpaired) electrons. The SMILES string of the molecule is O=C(O)Cc1ccnc(-n2cc3ccccc3n2)n1. The molecule has 0 bridgehead atoms. The third-order valence-corrected chi connectivity index (χ3v) is 2.65. The van der Waals surface area contributed by atoms with Crippen molar-refractivity contribution in [3.05, 3.63) is 48.4 Å². The first-order valence-corrected chi connectivity index (χ1v) is 5.71. The molecule has 0 amide bonds. The van der Waals surface area contributed by atoms with E-state index < -0.39 is 5.97 Å². The predicted octanol–water partition coefficient (Wildman–Crippen LogP) is 1.44. The topological polar surface area (TPSA) is 80.9 Å². The summed E-state index contributed by atoms with van der Waals surface area (Å²) in [4.78, 5) is 19.0. The second-order valence-corrected chi connectivity index (χ2v) is 4.05. The summed E-state index contributed by atoms with van der Waals surface area (Å²) in [5.74, 6) is -0.551. The Labute approximate surface area is 108 Å². The monoisotopic (exact) mass is 254 g/mol. The summed E-state index contributed by atoms with van der Waals surface area (Å²) in [5.41, 5.74) is 1.30. The van der Waals surface area contributed by atoms with Crippen LogP contribution in [0.5, 0.6) is 0 Å². The smallest absolute Gasteiger partial charge is 0.309 e. The third-order valence-electron chi connectivity index (χ3n) is 2.65. The van der Waals surface area contributed by atoms with Gasteiger partial charge in [0.2, 0.25) is 0 Å². The van der Waals surface area contributed by atoms with Crippen molar-refractivity contribution >= 4 is 16.9 Å². The molecule has 0 saturated heterocycles. The van der Waals surface area contributed by atoms with Crippen LogP contribution in [0.4, 0.5) is 0 Å². The molecule has 94 valence electrons. The van der Waals surface area contributed by atoms with Crippen LogP contribution in [0.15, 0.2) is 42.7 Å². The van der Waals surface area contributed by atoms with E-state index in [0.717, 1.165) is 10.9 Å². The van der Waals surface area contributed by atoms with Crippen LogP contribution in [0.3, 0.4) is 0 Å². The molecule has 1 N–H and O–H groups in total. The van der Waals surface area contributed by atoms with Gasteiger partial charge >= 0.3 is 5.97 Å². The summed E-state index contributed by atoms with van der Waals surface area (Å²) in [7, 11) is 0. The maximum Gasteiger partial charge on any atom is 0.309 e. The second-order valence-electron chi connectivity index (χ2n) is 4.05. The van der Waals surface area contributed by atoms with Crippen molar-refractivity contribution in [3.8, 4) is 5.95 Å². The molecule has 6 heteroatoms. The van der Waals surface area contributed by atoms with E-state index in [4.69, 9.17) is 5.11 Å². The van der Waals surface area contributed by atoms with Gasteiger partial charge in [-0.15, -0.1) is 0 Å². The fraction of sp³-hybridized carbons (Fsp3) is 0.0769. The minimum absolute atomic E-state index is 0.129. The Morgan fingerprint density at radius 2 is 2.11 bits per heavy atom. The van der Waals surface area contributed by atoms with Gasteiger partial charge in [-0.05, 0) is 12.1 Å². The fourth-order valence-electron chi connectivity index (χ4n) is 1.82. The zero-order valence-electron chi connectivity index (χ0n) is 9.89. The Bertz CT molecular complexity index is 718. The molecule has 3 rings (SSSR count). The Morgan fingerprint density at radius 3 is 2.89 bits per heavy atom. The molecule has 6 nitrogen and oxygen atoms in total. The Kier molecular flexibility index (Phi) is 2.68. The summed E-state index contributed by atoms with van der Waals surface area (Å²) in [6.07, 6.45) is 3.22. The lowest BCUT2D eigenvalue weighted by Crippen LogP contribution is -2.07. The lowest BCUT2D eigenvalue weighted by molar-refractivity contribution is -0.136. The average molecular weight is 254 g/mol. The van der Waals surface area contributed by atoms with E-state index in [2.05, 4.69) is 15.1 Å². The minimum Gasteiger partial charge on any atom is -0.481 e. The molecule has 2 heterocycles. The van der Waals surface area contributed by atoms with Crippen LogP contribution in [0.25, 0.3) is 16.9 Å². The molecule has 3 aromatic rings. The number of rotatable bonds is 3. The van der Waals surface area contributed by atoms with Gasteiger partial charge in [0, 0.05) is 17.8 Å². The quantitative estimate of drug-likeness (QED) is 0.765. The maximum absolute atomic E-state index is 10.7. The number of aromatic nitrogens is 4. The molecule has 0 spiro atoms. The van der Waals surface area contributed by atoms with Crippen molar-refractivity contribution in [2.75, 3.05) is 0 Å². The predicted molar refractivity (Wildman–Crippen MR) is 68.0 cm³/mol. The fourth-order valence-corrected chi connectivity index (χ4v) is 1.82. The first-order chi connectivity index (χ1) is 9.22. The normalized spacial score (nSPS) is 10.7. The number of nitrogens with zero attached hydrogens (tertiary/aromatic N) is 4. The Hall–Kier alpha value is -2.76. The molecule has 0 atom stereocenters. The number of carbonyl (C=O) groups is 1. The van der Waals surface area contributed by atoms with Crippen molar-refractivity contribution in [2.45, 2.75) is 6.42 Å². The lowest BCUT2D eigenvalue weighted by atomic mass is 10.3. The summed E-state index contributed by atoms with van der Waals surface area (Å²) in [5, 5.41) is 14.1. The average Bonchev–Trinajstić information content (AvgIpc) is 2.82. The second kappa shape index (κ2) is 4.49. The molecule has 0 saturated carbocycles. The molecular formula is C13H10N4O2. The molecule has 2 aromatic heterocycles. The first-order valence-electron chi connectivity index (χ1n) is 5.71. The summed E-state index contributed by atoms with van der Waals surface area (Å²) < 4.78 is 1.55. The van der Waals surface area contributed by atoms with Crippen molar-refractivity contribution in [1.82, 2.24) is 19.7 Å². The van der Waals surface area contributed by atoms with Crippen LogP contribution in [0.1, 0.15) is 5.69 Å². The third kappa shape index (κ3) is 2.28. The lowest BCUT2D eigenvalue weighted by Gasteiger charge is -2.00. The molecule has 0 aliphatic rings. The van der Waals surface area contributed by atoms with Gasteiger partial charge in [0.1, 0.15) is 0 Å². The van der Waals surface area contributed by atoms with E-state index in [-0.39, 0.29) is 6.42 Å². The number of carboxylic acids is 1. The van der Waals surface area contributed by atoms with Crippen LogP contribution >= 0.6 is 0 Å². The van der Waals surface area contributed by atoms with Gasteiger partial charge in [-0.25, -0.2) is 14.6 Å². The van der Waals surface area contributed by atoms with Crippen molar-refractivity contribution in [2.24, 2.45) is 0 Å². The van der Waals surface area contributed by atoms with Gasteiger partial charge in [0.05, 0.1) is 17.6 Å². The van der Waals surface area contributed by atoms with Gasteiger partial charge in [0.25, 0.3) is 5.95 Å². The first kappa shape index (κ1) is 11.3. The number of benzene rings is 1. The van der Waals surface area contributed by atoms with E-state index >= 15 is 0 Å². The molecule has 19 heavy (non-hydrogen) atoms. The Balaban J connectivity index is 2.03. The van der Waals surface area contributed by atoms with E-state index in [1.807, 2.05) is 30.5 Å². The standard InChI is InChI=1S/C13H10N4O2/c18-12(19)7-10-5-6-14-13(15-10)17-8-9-3-1-2-4-11(9)16-17/h1-6,8H,7H2,(H,18,19). The molecule has 1 aromatic carbocycles. The van der Waals surface area contributed by atoms with Crippen LogP contribution in [0.2, 0.25) is 0 Å². The zero-order chi connectivity index (χ0) is 13.2.